The van der Waals surface area contributed by atoms with Crippen molar-refractivity contribution in [3.63, 3.8) is 0 Å². The molecular formula is C13H14F4O. The molecule has 1 atom stereocenters. The van der Waals surface area contributed by atoms with Gasteiger partial charge in [0, 0.05) is 0 Å². The molecular weight excluding hydrogens is 248 g/mol. The summed E-state index contributed by atoms with van der Waals surface area (Å²) in [5.74, 6) is -1.10. The number of rotatable bonds is 2. The topological polar surface area (TPSA) is 20.2 Å². The fourth-order valence-electron chi connectivity index (χ4n) is 2.56. The lowest BCUT2D eigenvalue weighted by Crippen LogP contribution is -2.16. The van der Waals surface area contributed by atoms with Gasteiger partial charge in [0.25, 0.3) is 0 Å². The minimum atomic E-state index is -4.64. The van der Waals surface area contributed by atoms with Gasteiger partial charge in [0.1, 0.15) is 5.82 Å². The molecule has 0 saturated heterocycles. The molecule has 5 heteroatoms. The van der Waals surface area contributed by atoms with Crippen LogP contribution in [-0.4, -0.2) is 5.11 Å². The Kier molecular flexibility index (Phi) is 3.61. The maximum atomic E-state index is 12.9. The fraction of sp³-hybridized carbons (Fsp3) is 0.538. The highest BCUT2D eigenvalue weighted by atomic mass is 19.4. The van der Waals surface area contributed by atoms with Crippen LogP contribution in [0.2, 0.25) is 0 Å². The van der Waals surface area contributed by atoms with Gasteiger partial charge in [-0.2, -0.15) is 13.2 Å². The zero-order valence-corrected chi connectivity index (χ0v) is 9.67. The lowest BCUT2D eigenvalue weighted by Gasteiger charge is -2.22. The maximum Gasteiger partial charge on any atom is 0.416 e. The molecule has 0 aliphatic heterocycles. The first kappa shape index (κ1) is 13.3. The Morgan fingerprint density at radius 1 is 1.17 bits per heavy atom. The molecule has 100 valence electrons. The van der Waals surface area contributed by atoms with E-state index in [1.807, 2.05) is 0 Å². The summed E-state index contributed by atoms with van der Waals surface area (Å²) in [6.07, 6.45) is -2.53. The molecule has 1 aliphatic carbocycles. The van der Waals surface area contributed by atoms with Gasteiger partial charge in [-0.25, -0.2) is 4.39 Å². The second-order valence-corrected chi connectivity index (χ2v) is 4.72. The van der Waals surface area contributed by atoms with E-state index in [1.54, 1.807) is 0 Å². The van der Waals surface area contributed by atoms with E-state index in [0.717, 1.165) is 37.8 Å². The third-order valence-corrected chi connectivity index (χ3v) is 3.49. The van der Waals surface area contributed by atoms with Crippen molar-refractivity contribution in [2.24, 2.45) is 5.92 Å². The summed E-state index contributed by atoms with van der Waals surface area (Å²) in [6, 6.07) is 2.46. The molecule has 1 saturated carbocycles. The number of aliphatic hydroxyl groups excluding tert-OH is 1. The van der Waals surface area contributed by atoms with Gasteiger partial charge in [-0.05, 0) is 36.5 Å². The van der Waals surface area contributed by atoms with Gasteiger partial charge in [-0.1, -0.05) is 18.9 Å². The highest BCUT2D eigenvalue weighted by Crippen LogP contribution is 2.41. The van der Waals surface area contributed by atoms with Crippen LogP contribution in [0, 0.1) is 11.7 Å². The summed E-state index contributed by atoms with van der Waals surface area (Å²) in [4.78, 5) is 0. The average Bonchev–Trinajstić information content (AvgIpc) is 2.80. The van der Waals surface area contributed by atoms with Gasteiger partial charge < -0.3 is 5.11 Å². The van der Waals surface area contributed by atoms with E-state index >= 15 is 0 Å². The third kappa shape index (κ3) is 2.66. The Hall–Kier alpha value is -1.10. The molecule has 18 heavy (non-hydrogen) atoms. The monoisotopic (exact) mass is 262 g/mol. The van der Waals surface area contributed by atoms with Crippen LogP contribution in [0.1, 0.15) is 42.9 Å². The average molecular weight is 262 g/mol. The number of halogens is 4. The second kappa shape index (κ2) is 4.88. The second-order valence-electron chi connectivity index (χ2n) is 4.72. The first-order valence-electron chi connectivity index (χ1n) is 5.94. The van der Waals surface area contributed by atoms with Crippen LogP contribution in [0.15, 0.2) is 18.2 Å². The number of aliphatic hydroxyl groups is 1. The molecule has 2 rings (SSSR count). The van der Waals surface area contributed by atoms with Crippen molar-refractivity contribution in [2.45, 2.75) is 38.0 Å². The summed E-state index contributed by atoms with van der Waals surface area (Å²) in [7, 11) is 0. The van der Waals surface area contributed by atoms with Crippen LogP contribution >= 0.6 is 0 Å². The highest BCUT2D eigenvalue weighted by Gasteiger charge is 2.37. The fourth-order valence-corrected chi connectivity index (χ4v) is 2.56. The van der Waals surface area contributed by atoms with Gasteiger partial charge >= 0.3 is 6.18 Å². The van der Waals surface area contributed by atoms with Crippen molar-refractivity contribution in [2.75, 3.05) is 0 Å². The van der Waals surface area contributed by atoms with Gasteiger partial charge in [0.05, 0.1) is 11.7 Å². The lowest BCUT2D eigenvalue weighted by atomic mass is 9.91. The number of alkyl halides is 3. The molecule has 1 aromatic rings. The Bertz CT molecular complexity index is 421. The molecule has 0 bridgehead atoms. The number of benzene rings is 1. The van der Waals surface area contributed by atoms with E-state index in [4.69, 9.17) is 0 Å². The van der Waals surface area contributed by atoms with Crippen molar-refractivity contribution in [3.05, 3.63) is 35.1 Å². The third-order valence-electron chi connectivity index (χ3n) is 3.49. The SMILES string of the molecule is OC(c1ccc(F)cc1C(F)(F)F)C1CCCC1. The molecule has 0 aromatic heterocycles. The predicted molar refractivity (Wildman–Crippen MR) is 58.3 cm³/mol. The molecule has 0 heterocycles. The summed E-state index contributed by atoms with van der Waals surface area (Å²) >= 11 is 0. The first-order chi connectivity index (χ1) is 8.39. The minimum Gasteiger partial charge on any atom is -0.388 e. The van der Waals surface area contributed by atoms with Gasteiger partial charge in [-0.15, -0.1) is 0 Å². The highest BCUT2D eigenvalue weighted by molar-refractivity contribution is 5.32. The maximum absolute atomic E-state index is 12.9. The van der Waals surface area contributed by atoms with Crippen LogP contribution in [-0.2, 0) is 6.18 Å². The number of hydrogen-bond acceptors (Lipinski definition) is 1. The van der Waals surface area contributed by atoms with Crippen molar-refractivity contribution >= 4 is 0 Å². The molecule has 0 radical (unpaired) electrons. The van der Waals surface area contributed by atoms with Gasteiger partial charge in [-0.3, -0.25) is 0 Å². The van der Waals surface area contributed by atoms with Crippen molar-refractivity contribution in [3.8, 4) is 0 Å². The van der Waals surface area contributed by atoms with E-state index in [1.165, 1.54) is 0 Å². The van der Waals surface area contributed by atoms with Gasteiger partial charge in [0.15, 0.2) is 0 Å². The van der Waals surface area contributed by atoms with E-state index in [0.29, 0.717) is 6.07 Å². The van der Waals surface area contributed by atoms with Crippen LogP contribution < -0.4 is 0 Å². The summed E-state index contributed by atoms with van der Waals surface area (Å²) in [6.45, 7) is 0. The van der Waals surface area contributed by atoms with Gasteiger partial charge in [0.2, 0.25) is 0 Å². The Balaban J connectivity index is 2.37. The van der Waals surface area contributed by atoms with Crippen LogP contribution in [0.4, 0.5) is 17.6 Å². The molecule has 0 amide bonds. The van der Waals surface area contributed by atoms with Crippen molar-refractivity contribution in [1.29, 1.82) is 0 Å². The Morgan fingerprint density at radius 3 is 2.33 bits per heavy atom. The zero-order chi connectivity index (χ0) is 13.3. The molecule has 0 spiro atoms. The zero-order valence-electron chi connectivity index (χ0n) is 9.67. The molecule has 1 aromatic carbocycles. The van der Waals surface area contributed by atoms with Crippen LogP contribution in [0.3, 0.4) is 0 Å². The number of hydrogen-bond donors (Lipinski definition) is 1. The Morgan fingerprint density at radius 2 is 1.78 bits per heavy atom. The molecule has 1 aliphatic rings. The largest absolute Gasteiger partial charge is 0.416 e. The standard InChI is InChI=1S/C13H14F4O/c14-9-5-6-10(11(7-9)13(15,16)17)12(18)8-3-1-2-4-8/h5-8,12,18H,1-4H2. The Labute approximate surface area is 102 Å². The van der Waals surface area contributed by atoms with Crippen LogP contribution in [0.25, 0.3) is 0 Å². The first-order valence-corrected chi connectivity index (χ1v) is 5.94. The quantitative estimate of drug-likeness (QED) is 0.796. The summed E-state index contributed by atoms with van der Waals surface area (Å²) in [5.41, 5.74) is -1.28. The normalized spacial score (nSPS) is 19.2. The molecule has 1 N–H and O–H groups in total. The van der Waals surface area contributed by atoms with Crippen LogP contribution in [0.5, 0.6) is 0 Å². The predicted octanol–water partition coefficient (Wildman–Crippen LogP) is 4.07. The van der Waals surface area contributed by atoms with Crippen molar-refractivity contribution < 1.29 is 22.7 Å². The van der Waals surface area contributed by atoms with Crippen molar-refractivity contribution in [1.82, 2.24) is 0 Å². The lowest BCUT2D eigenvalue weighted by molar-refractivity contribution is -0.139. The summed E-state index contributed by atoms with van der Waals surface area (Å²) < 4.78 is 51.3. The smallest absolute Gasteiger partial charge is 0.388 e. The molecule has 1 nitrogen and oxygen atoms in total. The molecule has 1 unspecified atom stereocenters. The minimum absolute atomic E-state index is 0.156. The summed E-state index contributed by atoms with van der Waals surface area (Å²) in [5, 5.41) is 10.0. The van der Waals surface area contributed by atoms with E-state index < -0.39 is 23.7 Å². The van der Waals surface area contributed by atoms with E-state index in [-0.39, 0.29) is 11.5 Å². The van der Waals surface area contributed by atoms with E-state index in [2.05, 4.69) is 0 Å². The van der Waals surface area contributed by atoms with E-state index in [9.17, 15) is 22.7 Å². The molecule has 1 fully saturated rings.